The number of benzene rings is 1. The fourth-order valence-electron chi connectivity index (χ4n) is 4.70. The highest BCUT2D eigenvalue weighted by Gasteiger charge is 2.33. The smallest absolute Gasteiger partial charge is 0.386 e. The number of rotatable bonds is 6. The van der Waals surface area contributed by atoms with Gasteiger partial charge in [-0.15, -0.1) is 0 Å². The standard InChI is InChI=1S/C25H30F3N5O2/c1-24(2,35)18-12-20-16(14-33(32-20)17-9-7-15(8-10-17)13-29-3)11-21(18)31-23(34)19-5-4-6-22(30-19)25(26,27)28/h4-6,11-12,14-15,17,29,35H,7-10,13H2,1-3H3,(H,31,34). The van der Waals surface area contributed by atoms with Gasteiger partial charge in [0.1, 0.15) is 11.4 Å². The first kappa shape index (κ1) is 25.1. The molecule has 2 aromatic heterocycles. The molecule has 0 radical (unpaired) electrons. The Labute approximate surface area is 201 Å². The van der Waals surface area contributed by atoms with Crippen LogP contribution in [-0.4, -0.2) is 39.4 Å². The number of alkyl halides is 3. The number of carbonyl (C=O) groups is 1. The topological polar surface area (TPSA) is 92.1 Å². The first-order chi connectivity index (χ1) is 16.5. The quantitative estimate of drug-likeness (QED) is 0.459. The van der Waals surface area contributed by atoms with Gasteiger partial charge in [0.25, 0.3) is 5.91 Å². The highest BCUT2D eigenvalue weighted by molar-refractivity contribution is 6.04. The van der Waals surface area contributed by atoms with Crippen molar-refractivity contribution >= 4 is 22.5 Å². The SMILES string of the molecule is CNCC1CCC(n2cc3cc(NC(=O)c4cccc(C(F)(F)F)n4)c(C(C)(C)O)cc3n2)CC1. The minimum absolute atomic E-state index is 0.272. The lowest BCUT2D eigenvalue weighted by Crippen LogP contribution is -2.25. The Hall–Kier alpha value is -2.98. The Bertz CT molecular complexity index is 1210. The lowest BCUT2D eigenvalue weighted by Gasteiger charge is -2.28. The van der Waals surface area contributed by atoms with Crippen molar-refractivity contribution in [2.45, 2.75) is 57.3 Å². The highest BCUT2D eigenvalue weighted by atomic mass is 19.4. The molecule has 0 aliphatic heterocycles. The van der Waals surface area contributed by atoms with Crippen LogP contribution in [0.25, 0.3) is 10.9 Å². The number of pyridine rings is 1. The van der Waals surface area contributed by atoms with Gasteiger partial charge >= 0.3 is 6.18 Å². The maximum absolute atomic E-state index is 13.0. The van der Waals surface area contributed by atoms with E-state index in [0.717, 1.165) is 49.7 Å². The van der Waals surface area contributed by atoms with Crippen molar-refractivity contribution in [2.75, 3.05) is 18.9 Å². The molecule has 2 heterocycles. The summed E-state index contributed by atoms with van der Waals surface area (Å²) in [5.74, 6) is -0.134. The van der Waals surface area contributed by atoms with Crippen molar-refractivity contribution in [3.05, 3.63) is 53.5 Å². The minimum Gasteiger partial charge on any atom is -0.386 e. The summed E-state index contributed by atoms with van der Waals surface area (Å²) in [6.07, 6.45) is 1.52. The summed E-state index contributed by atoms with van der Waals surface area (Å²) in [7, 11) is 1.96. The Kier molecular flexibility index (Phi) is 6.88. The zero-order valence-electron chi connectivity index (χ0n) is 20.0. The molecule has 4 rings (SSSR count). The van der Waals surface area contributed by atoms with Gasteiger partial charge in [0, 0.05) is 22.8 Å². The van der Waals surface area contributed by atoms with Crippen molar-refractivity contribution in [1.82, 2.24) is 20.1 Å². The van der Waals surface area contributed by atoms with Crippen LogP contribution in [0.1, 0.15) is 67.3 Å². The lowest BCUT2D eigenvalue weighted by atomic mass is 9.86. The van der Waals surface area contributed by atoms with Crippen LogP contribution in [0, 0.1) is 5.92 Å². The number of hydrogen-bond acceptors (Lipinski definition) is 5. The fraction of sp³-hybridized carbons (Fsp3) is 0.480. The second-order valence-corrected chi connectivity index (χ2v) is 9.72. The van der Waals surface area contributed by atoms with E-state index in [2.05, 4.69) is 15.6 Å². The van der Waals surface area contributed by atoms with Gasteiger partial charge in [-0.25, -0.2) is 4.98 Å². The zero-order chi connectivity index (χ0) is 25.4. The molecule has 35 heavy (non-hydrogen) atoms. The van der Waals surface area contributed by atoms with Crippen molar-refractivity contribution in [3.8, 4) is 0 Å². The summed E-state index contributed by atoms with van der Waals surface area (Å²) in [5, 5.41) is 22.1. The summed E-state index contributed by atoms with van der Waals surface area (Å²) in [6, 6.07) is 6.85. The summed E-state index contributed by atoms with van der Waals surface area (Å²) in [6.45, 7) is 4.16. The summed E-state index contributed by atoms with van der Waals surface area (Å²) in [4.78, 5) is 16.3. The number of carbonyl (C=O) groups excluding carboxylic acids is 1. The van der Waals surface area contributed by atoms with Crippen molar-refractivity contribution < 1.29 is 23.1 Å². The number of anilines is 1. The third kappa shape index (κ3) is 5.65. The maximum atomic E-state index is 13.0. The van der Waals surface area contributed by atoms with Crippen LogP contribution in [-0.2, 0) is 11.8 Å². The van der Waals surface area contributed by atoms with Crippen LogP contribution in [0.4, 0.5) is 18.9 Å². The number of fused-ring (bicyclic) bond motifs is 1. The molecule has 188 valence electrons. The van der Waals surface area contributed by atoms with Crippen molar-refractivity contribution in [2.24, 2.45) is 5.92 Å². The van der Waals surface area contributed by atoms with E-state index >= 15 is 0 Å². The summed E-state index contributed by atoms with van der Waals surface area (Å²) < 4.78 is 41.0. The van der Waals surface area contributed by atoms with Gasteiger partial charge < -0.3 is 15.7 Å². The molecule has 7 nitrogen and oxygen atoms in total. The molecule has 1 aliphatic rings. The third-order valence-electron chi connectivity index (χ3n) is 6.52. The molecule has 1 aromatic carbocycles. The van der Waals surface area contributed by atoms with Gasteiger partial charge in [-0.3, -0.25) is 9.48 Å². The number of halogens is 3. The average Bonchev–Trinajstić information content (AvgIpc) is 3.21. The normalized spacial score (nSPS) is 19.2. The second kappa shape index (κ2) is 9.58. The van der Waals surface area contributed by atoms with E-state index in [-0.39, 0.29) is 11.7 Å². The van der Waals surface area contributed by atoms with Crippen LogP contribution in [0.2, 0.25) is 0 Å². The molecule has 0 spiro atoms. The molecule has 1 aliphatic carbocycles. The van der Waals surface area contributed by atoms with Crippen molar-refractivity contribution in [3.63, 3.8) is 0 Å². The number of nitrogens with zero attached hydrogens (tertiary/aromatic N) is 3. The van der Waals surface area contributed by atoms with Gasteiger partial charge in [-0.05, 0) is 83.3 Å². The number of aromatic nitrogens is 3. The molecule has 1 saturated carbocycles. The van der Waals surface area contributed by atoms with Crippen LogP contribution in [0.5, 0.6) is 0 Å². The van der Waals surface area contributed by atoms with E-state index in [9.17, 15) is 23.1 Å². The van der Waals surface area contributed by atoms with E-state index in [1.54, 1.807) is 26.0 Å². The van der Waals surface area contributed by atoms with Gasteiger partial charge in [-0.1, -0.05) is 6.07 Å². The molecule has 10 heteroatoms. The molecule has 0 saturated heterocycles. The molecular weight excluding hydrogens is 459 g/mol. The predicted octanol–water partition coefficient (Wildman–Crippen LogP) is 4.88. The van der Waals surface area contributed by atoms with E-state index in [4.69, 9.17) is 5.10 Å². The van der Waals surface area contributed by atoms with E-state index in [1.165, 1.54) is 6.07 Å². The molecule has 1 fully saturated rings. The molecule has 1 amide bonds. The predicted molar refractivity (Wildman–Crippen MR) is 127 cm³/mol. The van der Waals surface area contributed by atoms with Crippen LogP contribution in [0.15, 0.2) is 36.5 Å². The number of nitrogens with one attached hydrogen (secondary N) is 2. The van der Waals surface area contributed by atoms with Crippen LogP contribution >= 0.6 is 0 Å². The van der Waals surface area contributed by atoms with Gasteiger partial charge in [0.2, 0.25) is 0 Å². The molecule has 0 atom stereocenters. The monoisotopic (exact) mass is 489 g/mol. The van der Waals surface area contributed by atoms with Gasteiger partial charge in [-0.2, -0.15) is 18.3 Å². The van der Waals surface area contributed by atoms with Gasteiger partial charge in [0.05, 0.1) is 17.2 Å². The van der Waals surface area contributed by atoms with E-state index < -0.39 is 23.4 Å². The Morgan fingerprint density at radius 1 is 1.17 bits per heavy atom. The zero-order valence-corrected chi connectivity index (χ0v) is 20.0. The number of hydrogen-bond donors (Lipinski definition) is 3. The lowest BCUT2D eigenvalue weighted by molar-refractivity contribution is -0.141. The summed E-state index contributed by atoms with van der Waals surface area (Å²) in [5.41, 5.74) is -1.45. The Morgan fingerprint density at radius 2 is 1.89 bits per heavy atom. The molecule has 0 bridgehead atoms. The van der Waals surface area contributed by atoms with Crippen LogP contribution in [0.3, 0.4) is 0 Å². The second-order valence-electron chi connectivity index (χ2n) is 9.72. The average molecular weight is 490 g/mol. The fourth-order valence-corrected chi connectivity index (χ4v) is 4.70. The van der Waals surface area contributed by atoms with E-state index in [1.807, 2.05) is 17.9 Å². The maximum Gasteiger partial charge on any atom is 0.433 e. The first-order valence-electron chi connectivity index (χ1n) is 11.7. The van der Waals surface area contributed by atoms with E-state index in [0.29, 0.717) is 22.7 Å². The van der Waals surface area contributed by atoms with Crippen molar-refractivity contribution in [1.29, 1.82) is 0 Å². The molecule has 0 unspecified atom stereocenters. The highest BCUT2D eigenvalue weighted by Crippen LogP contribution is 2.35. The third-order valence-corrected chi connectivity index (χ3v) is 6.52. The summed E-state index contributed by atoms with van der Waals surface area (Å²) >= 11 is 0. The molecule has 3 N–H and O–H groups in total. The number of aliphatic hydroxyl groups is 1. The number of amides is 1. The Morgan fingerprint density at radius 3 is 2.51 bits per heavy atom. The van der Waals surface area contributed by atoms with Gasteiger partial charge in [0.15, 0.2) is 0 Å². The first-order valence-corrected chi connectivity index (χ1v) is 11.7. The largest absolute Gasteiger partial charge is 0.433 e. The molecular formula is C25H30F3N5O2. The van der Waals surface area contributed by atoms with Crippen LogP contribution < -0.4 is 10.6 Å². The molecule has 3 aromatic rings. The Balaban J connectivity index is 1.63. The minimum atomic E-state index is -4.66.